The van der Waals surface area contributed by atoms with Crippen molar-refractivity contribution in [2.45, 2.75) is 33.1 Å². The Balaban J connectivity index is 2.82. The maximum atomic E-state index is 9.47. The van der Waals surface area contributed by atoms with E-state index in [1.807, 2.05) is 18.2 Å². The van der Waals surface area contributed by atoms with Gasteiger partial charge >= 0.3 is 0 Å². The molecule has 0 bridgehead atoms. The Morgan fingerprint density at radius 2 is 1.93 bits per heavy atom. The van der Waals surface area contributed by atoms with Crippen LogP contribution >= 0.6 is 11.6 Å². The van der Waals surface area contributed by atoms with E-state index < -0.39 is 0 Å². The summed E-state index contributed by atoms with van der Waals surface area (Å²) in [5.41, 5.74) is 1.23. The molecule has 1 rings (SSSR count). The highest BCUT2D eigenvalue weighted by molar-refractivity contribution is 6.30. The van der Waals surface area contributed by atoms with Gasteiger partial charge in [-0.3, -0.25) is 0 Å². The molecule has 0 radical (unpaired) electrons. The first-order chi connectivity index (χ1) is 7.15. The van der Waals surface area contributed by atoms with Gasteiger partial charge in [-0.25, -0.2) is 0 Å². The third-order valence-corrected chi connectivity index (χ3v) is 3.54. The summed E-state index contributed by atoms with van der Waals surface area (Å²) in [6.45, 7) is 4.50. The van der Waals surface area contributed by atoms with Gasteiger partial charge in [0.25, 0.3) is 0 Å². The van der Waals surface area contributed by atoms with Crippen LogP contribution in [0, 0.1) is 5.41 Å². The Hall–Kier alpha value is -0.530. The normalized spacial score (nSPS) is 11.7. The minimum atomic E-state index is 0.0185. The molecule has 0 unspecified atom stereocenters. The second kappa shape index (κ2) is 5.53. The molecule has 84 valence electrons. The maximum Gasteiger partial charge on any atom is 0.0490 e. The number of hydrogen-bond acceptors (Lipinski definition) is 1. The summed E-state index contributed by atoms with van der Waals surface area (Å²) in [5, 5.41) is 10.2. The minimum Gasteiger partial charge on any atom is -0.396 e. The van der Waals surface area contributed by atoms with Crippen molar-refractivity contribution in [3.8, 4) is 0 Å². The molecule has 0 saturated heterocycles. The van der Waals surface area contributed by atoms with Crippen molar-refractivity contribution in [3.05, 3.63) is 34.9 Å². The SMILES string of the molecule is CCC(CC)(CO)Cc1cccc(Cl)c1. The van der Waals surface area contributed by atoms with E-state index in [0.29, 0.717) is 0 Å². The molecule has 0 spiro atoms. The average Bonchev–Trinajstić information content (AvgIpc) is 2.26. The van der Waals surface area contributed by atoms with Gasteiger partial charge < -0.3 is 5.11 Å². The zero-order chi connectivity index (χ0) is 11.3. The maximum absolute atomic E-state index is 9.47. The smallest absolute Gasteiger partial charge is 0.0490 e. The van der Waals surface area contributed by atoms with Gasteiger partial charge in [-0.15, -0.1) is 0 Å². The molecule has 0 fully saturated rings. The molecule has 0 aliphatic rings. The van der Waals surface area contributed by atoms with E-state index in [9.17, 15) is 5.11 Å². The molecule has 0 heterocycles. The van der Waals surface area contributed by atoms with Crippen molar-refractivity contribution >= 4 is 11.6 Å². The first-order valence-electron chi connectivity index (χ1n) is 5.51. The Kier molecular flexibility index (Phi) is 4.62. The molecule has 1 nitrogen and oxygen atoms in total. The minimum absolute atomic E-state index is 0.0185. The number of benzene rings is 1. The first kappa shape index (κ1) is 12.5. The van der Waals surface area contributed by atoms with Crippen LogP contribution in [-0.2, 0) is 6.42 Å². The van der Waals surface area contributed by atoms with Crippen LogP contribution in [0.15, 0.2) is 24.3 Å². The van der Waals surface area contributed by atoms with Gasteiger partial charge in [0.05, 0.1) is 0 Å². The summed E-state index contributed by atoms with van der Waals surface area (Å²) < 4.78 is 0. The van der Waals surface area contributed by atoms with E-state index in [1.54, 1.807) is 0 Å². The van der Waals surface area contributed by atoms with Crippen molar-refractivity contribution in [1.29, 1.82) is 0 Å². The van der Waals surface area contributed by atoms with Crippen LogP contribution in [-0.4, -0.2) is 11.7 Å². The number of aliphatic hydroxyl groups excluding tert-OH is 1. The molecule has 2 heteroatoms. The molecule has 0 aromatic heterocycles. The van der Waals surface area contributed by atoms with Crippen molar-refractivity contribution in [2.24, 2.45) is 5.41 Å². The number of halogens is 1. The molecule has 0 aliphatic carbocycles. The van der Waals surface area contributed by atoms with Gasteiger partial charge in [0.1, 0.15) is 0 Å². The predicted molar refractivity (Wildman–Crippen MR) is 65.3 cm³/mol. The Labute approximate surface area is 97.1 Å². The quantitative estimate of drug-likeness (QED) is 0.812. The van der Waals surface area contributed by atoms with Gasteiger partial charge in [0, 0.05) is 11.6 Å². The van der Waals surface area contributed by atoms with E-state index in [0.717, 1.165) is 24.3 Å². The van der Waals surface area contributed by atoms with Crippen LogP contribution in [0.4, 0.5) is 0 Å². The summed E-state index contributed by atoms with van der Waals surface area (Å²) in [6, 6.07) is 7.90. The molecule has 1 N–H and O–H groups in total. The van der Waals surface area contributed by atoms with E-state index in [-0.39, 0.29) is 12.0 Å². The Morgan fingerprint density at radius 1 is 1.27 bits per heavy atom. The summed E-state index contributed by atoms with van der Waals surface area (Å²) in [4.78, 5) is 0. The monoisotopic (exact) mass is 226 g/mol. The fraction of sp³-hybridized carbons (Fsp3) is 0.538. The lowest BCUT2D eigenvalue weighted by Crippen LogP contribution is -2.26. The van der Waals surface area contributed by atoms with Gasteiger partial charge in [-0.2, -0.15) is 0 Å². The summed E-state index contributed by atoms with van der Waals surface area (Å²) in [6.07, 6.45) is 2.89. The lowest BCUT2D eigenvalue weighted by molar-refractivity contribution is 0.115. The third kappa shape index (κ3) is 3.22. The van der Waals surface area contributed by atoms with Crippen molar-refractivity contribution in [2.75, 3.05) is 6.61 Å². The van der Waals surface area contributed by atoms with Gasteiger partial charge in [0.2, 0.25) is 0 Å². The number of aliphatic hydroxyl groups is 1. The average molecular weight is 227 g/mol. The topological polar surface area (TPSA) is 20.2 Å². The molecule has 0 aliphatic heterocycles. The third-order valence-electron chi connectivity index (χ3n) is 3.30. The molecular formula is C13H19ClO. The Bertz CT molecular complexity index is 297. The summed E-state index contributed by atoms with van der Waals surface area (Å²) in [7, 11) is 0. The second-order valence-electron chi connectivity index (χ2n) is 4.17. The Morgan fingerprint density at radius 3 is 2.40 bits per heavy atom. The molecule has 1 aromatic carbocycles. The molecule has 1 aromatic rings. The highest BCUT2D eigenvalue weighted by atomic mass is 35.5. The van der Waals surface area contributed by atoms with Gasteiger partial charge in [-0.05, 0) is 42.4 Å². The highest BCUT2D eigenvalue weighted by Crippen LogP contribution is 2.30. The van der Waals surface area contributed by atoms with Crippen LogP contribution in [0.25, 0.3) is 0 Å². The lowest BCUT2D eigenvalue weighted by Gasteiger charge is -2.29. The van der Waals surface area contributed by atoms with Crippen LogP contribution in [0.3, 0.4) is 0 Å². The molecule has 0 saturated carbocycles. The lowest BCUT2D eigenvalue weighted by atomic mass is 9.78. The van der Waals surface area contributed by atoms with Crippen molar-refractivity contribution in [3.63, 3.8) is 0 Å². The van der Waals surface area contributed by atoms with E-state index in [2.05, 4.69) is 19.9 Å². The summed E-state index contributed by atoms with van der Waals surface area (Å²) in [5.74, 6) is 0. The molecule has 0 atom stereocenters. The fourth-order valence-corrected chi connectivity index (χ4v) is 2.07. The largest absolute Gasteiger partial charge is 0.396 e. The number of rotatable bonds is 5. The summed E-state index contributed by atoms with van der Waals surface area (Å²) >= 11 is 5.94. The van der Waals surface area contributed by atoms with Gasteiger partial charge in [0.15, 0.2) is 0 Å². The molecule has 0 amide bonds. The van der Waals surface area contributed by atoms with Crippen molar-refractivity contribution < 1.29 is 5.11 Å². The van der Waals surface area contributed by atoms with Crippen molar-refractivity contribution in [1.82, 2.24) is 0 Å². The zero-order valence-corrected chi connectivity index (χ0v) is 10.2. The first-order valence-corrected chi connectivity index (χ1v) is 5.89. The van der Waals surface area contributed by atoms with Crippen LogP contribution in [0.1, 0.15) is 32.3 Å². The fourth-order valence-electron chi connectivity index (χ4n) is 1.86. The standard InChI is InChI=1S/C13H19ClO/c1-3-13(4-2,10-15)9-11-6-5-7-12(14)8-11/h5-8,15H,3-4,9-10H2,1-2H3. The second-order valence-corrected chi connectivity index (χ2v) is 4.61. The van der Waals surface area contributed by atoms with E-state index >= 15 is 0 Å². The van der Waals surface area contributed by atoms with Crippen LogP contribution in [0.2, 0.25) is 5.02 Å². The van der Waals surface area contributed by atoms with Crippen LogP contribution < -0.4 is 0 Å². The van der Waals surface area contributed by atoms with E-state index in [1.165, 1.54) is 5.56 Å². The molecule has 15 heavy (non-hydrogen) atoms. The molecular weight excluding hydrogens is 208 g/mol. The predicted octanol–water partition coefficient (Wildman–Crippen LogP) is 3.68. The van der Waals surface area contributed by atoms with Crippen LogP contribution in [0.5, 0.6) is 0 Å². The number of hydrogen-bond donors (Lipinski definition) is 1. The van der Waals surface area contributed by atoms with Gasteiger partial charge in [-0.1, -0.05) is 37.6 Å². The van der Waals surface area contributed by atoms with E-state index in [4.69, 9.17) is 11.6 Å². The zero-order valence-electron chi connectivity index (χ0n) is 9.46. The highest BCUT2D eigenvalue weighted by Gasteiger charge is 2.25.